The molecule has 4 heteroatoms. The maximum atomic E-state index is 11.2. The first-order valence-electron chi connectivity index (χ1n) is 7.16. The van der Waals surface area contributed by atoms with Crippen molar-refractivity contribution in [3.05, 3.63) is 33.4 Å². The topological polar surface area (TPSA) is 57.5 Å². The number of benzene rings is 1. The molecular formula is C16H21IO3. The number of rotatable bonds is 5. The third-order valence-electron chi connectivity index (χ3n) is 4.32. The molecule has 1 aliphatic rings. The normalized spacial score (nSPS) is 19.5. The first-order chi connectivity index (χ1) is 9.51. The van der Waals surface area contributed by atoms with Crippen LogP contribution in [0.25, 0.3) is 0 Å². The van der Waals surface area contributed by atoms with Gasteiger partial charge in [-0.05, 0) is 65.0 Å². The lowest BCUT2D eigenvalue weighted by molar-refractivity contribution is -0.141. The Hall–Kier alpha value is -0.620. The highest BCUT2D eigenvalue weighted by Crippen LogP contribution is 2.45. The zero-order valence-corrected chi connectivity index (χ0v) is 13.7. The van der Waals surface area contributed by atoms with Gasteiger partial charge in [0, 0.05) is 3.57 Å². The molecule has 0 aliphatic heterocycles. The highest BCUT2D eigenvalue weighted by molar-refractivity contribution is 14.1. The number of aliphatic hydroxyl groups excluding tert-OH is 1. The Bertz CT molecular complexity index is 449. The number of carboxylic acids is 1. The molecular weight excluding hydrogens is 367 g/mol. The van der Waals surface area contributed by atoms with Crippen molar-refractivity contribution in [3.8, 4) is 0 Å². The summed E-state index contributed by atoms with van der Waals surface area (Å²) in [6.07, 6.45) is 5.33. The van der Waals surface area contributed by atoms with Gasteiger partial charge in [0.25, 0.3) is 0 Å². The molecule has 2 rings (SSSR count). The summed E-state index contributed by atoms with van der Waals surface area (Å²) in [4.78, 5) is 11.2. The van der Waals surface area contributed by atoms with E-state index in [0.29, 0.717) is 6.42 Å². The Morgan fingerprint density at radius 2 is 1.80 bits per heavy atom. The van der Waals surface area contributed by atoms with E-state index in [1.165, 1.54) is 6.42 Å². The molecule has 1 fully saturated rings. The van der Waals surface area contributed by atoms with Crippen molar-refractivity contribution in [2.45, 2.75) is 51.0 Å². The van der Waals surface area contributed by atoms with Crippen LogP contribution in [0.4, 0.5) is 0 Å². The summed E-state index contributed by atoms with van der Waals surface area (Å²) in [5.41, 5.74) is 0.660. The van der Waals surface area contributed by atoms with Gasteiger partial charge < -0.3 is 10.2 Å². The fourth-order valence-corrected chi connectivity index (χ4v) is 3.65. The van der Waals surface area contributed by atoms with Crippen LogP contribution in [0.1, 0.15) is 56.6 Å². The number of aliphatic carboxylic acids is 1. The molecule has 1 atom stereocenters. The van der Waals surface area contributed by atoms with Crippen LogP contribution >= 0.6 is 22.6 Å². The fourth-order valence-electron chi connectivity index (χ4n) is 3.29. The molecule has 1 unspecified atom stereocenters. The van der Waals surface area contributed by atoms with Gasteiger partial charge in [-0.2, -0.15) is 0 Å². The van der Waals surface area contributed by atoms with Gasteiger partial charge in [0.05, 0.1) is 12.5 Å². The largest absolute Gasteiger partial charge is 0.481 e. The zero-order chi connectivity index (χ0) is 14.6. The van der Waals surface area contributed by atoms with Crippen LogP contribution in [-0.2, 0) is 4.79 Å². The van der Waals surface area contributed by atoms with Crippen LogP contribution < -0.4 is 0 Å². The predicted molar refractivity (Wildman–Crippen MR) is 86.5 cm³/mol. The Morgan fingerprint density at radius 3 is 2.35 bits per heavy atom. The van der Waals surface area contributed by atoms with Crippen molar-refractivity contribution in [2.24, 2.45) is 5.41 Å². The Labute approximate surface area is 133 Å². The van der Waals surface area contributed by atoms with Gasteiger partial charge in [-0.15, -0.1) is 0 Å². The molecule has 0 amide bonds. The third-order valence-corrected chi connectivity index (χ3v) is 5.04. The SMILES string of the molecule is O=C(O)CC1(CC(O)c2ccc(I)cc2)CCCCC1. The second kappa shape index (κ2) is 6.89. The Kier molecular flexibility index (Phi) is 5.43. The summed E-state index contributed by atoms with van der Waals surface area (Å²) < 4.78 is 1.14. The van der Waals surface area contributed by atoms with Crippen molar-refractivity contribution < 1.29 is 15.0 Å². The van der Waals surface area contributed by atoms with Crippen LogP contribution in [0.3, 0.4) is 0 Å². The molecule has 20 heavy (non-hydrogen) atoms. The van der Waals surface area contributed by atoms with Crippen LogP contribution in [0.5, 0.6) is 0 Å². The Morgan fingerprint density at radius 1 is 1.20 bits per heavy atom. The van der Waals surface area contributed by atoms with Gasteiger partial charge in [0.1, 0.15) is 0 Å². The van der Waals surface area contributed by atoms with Gasteiger partial charge in [0.15, 0.2) is 0 Å². The van der Waals surface area contributed by atoms with E-state index in [1.54, 1.807) is 0 Å². The molecule has 0 bridgehead atoms. The monoisotopic (exact) mass is 388 g/mol. The molecule has 0 radical (unpaired) electrons. The first-order valence-corrected chi connectivity index (χ1v) is 8.24. The second-order valence-electron chi connectivity index (χ2n) is 5.90. The highest BCUT2D eigenvalue weighted by Gasteiger charge is 2.36. The van der Waals surface area contributed by atoms with E-state index in [4.69, 9.17) is 5.11 Å². The summed E-state index contributed by atoms with van der Waals surface area (Å²) in [6.45, 7) is 0. The predicted octanol–water partition coefficient (Wildman–Crippen LogP) is 4.14. The molecule has 1 aromatic carbocycles. The summed E-state index contributed by atoms with van der Waals surface area (Å²) in [6, 6.07) is 7.82. The maximum absolute atomic E-state index is 11.2. The number of carboxylic acid groups (broad SMARTS) is 1. The lowest BCUT2D eigenvalue weighted by atomic mass is 9.68. The van der Waals surface area contributed by atoms with Gasteiger partial charge in [-0.3, -0.25) is 4.79 Å². The molecule has 110 valence electrons. The fraction of sp³-hybridized carbons (Fsp3) is 0.562. The lowest BCUT2D eigenvalue weighted by Gasteiger charge is -2.37. The maximum Gasteiger partial charge on any atom is 0.303 e. The minimum absolute atomic E-state index is 0.175. The van der Waals surface area contributed by atoms with Crippen molar-refractivity contribution in [1.29, 1.82) is 0 Å². The van der Waals surface area contributed by atoms with E-state index in [-0.39, 0.29) is 11.8 Å². The van der Waals surface area contributed by atoms with E-state index in [9.17, 15) is 9.90 Å². The summed E-state index contributed by atoms with van der Waals surface area (Å²) in [5, 5.41) is 19.6. The number of aliphatic hydroxyl groups is 1. The summed E-state index contributed by atoms with van der Waals surface area (Å²) in [5.74, 6) is -0.748. The molecule has 0 heterocycles. The molecule has 0 spiro atoms. The van der Waals surface area contributed by atoms with Gasteiger partial charge in [-0.1, -0.05) is 31.4 Å². The van der Waals surface area contributed by atoms with E-state index in [2.05, 4.69) is 22.6 Å². The minimum Gasteiger partial charge on any atom is -0.481 e. The van der Waals surface area contributed by atoms with E-state index in [1.807, 2.05) is 24.3 Å². The summed E-state index contributed by atoms with van der Waals surface area (Å²) in [7, 11) is 0. The van der Waals surface area contributed by atoms with Gasteiger partial charge in [-0.25, -0.2) is 0 Å². The van der Waals surface area contributed by atoms with Gasteiger partial charge in [0.2, 0.25) is 0 Å². The van der Waals surface area contributed by atoms with E-state index >= 15 is 0 Å². The smallest absolute Gasteiger partial charge is 0.303 e. The van der Waals surface area contributed by atoms with E-state index in [0.717, 1.165) is 34.8 Å². The Balaban J connectivity index is 2.10. The van der Waals surface area contributed by atoms with Crippen molar-refractivity contribution in [2.75, 3.05) is 0 Å². The van der Waals surface area contributed by atoms with Crippen LogP contribution in [-0.4, -0.2) is 16.2 Å². The molecule has 2 N–H and O–H groups in total. The lowest BCUT2D eigenvalue weighted by Crippen LogP contribution is -2.29. The van der Waals surface area contributed by atoms with Gasteiger partial charge >= 0.3 is 5.97 Å². The van der Waals surface area contributed by atoms with Crippen molar-refractivity contribution in [1.82, 2.24) is 0 Å². The standard InChI is InChI=1S/C16H21IO3/c17-13-6-4-12(5-7-13)14(18)10-16(11-15(19)20)8-2-1-3-9-16/h4-7,14,18H,1-3,8-11H2,(H,19,20). The highest BCUT2D eigenvalue weighted by atomic mass is 127. The average Bonchev–Trinajstić information content (AvgIpc) is 2.39. The minimum atomic E-state index is -0.748. The molecule has 0 aromatic heterocycles. The van der Waals surface area contributed by atoms with Crippen LogP contribution in [0.15, 0.2) is 24.3 Å². The van der Waals surface area contributed by atoms with Crippen LogP contribution in [0.2, 0.25) is 0 Å². The molecule has 0 saturated heterocycles. The van der Waals surface area contributed by atoms with Crippen LogP contribution in [0, 0.1) is 8.99 Å². The van der Waals surface area contributed by atoms with Crippen molar-refractivity contribution in [3.63, 3.8) is 0 Å². The summed E-state index contributed by atoms with van der Waals surface area (Å²) >= 11 is 2.23. The molecule has 1 aliphatic carbocycles. The molecule has 1 saturated carbocycles. The number of hydrogen-bond donors (Lipinski definition) is 2. The number of halogens is 1. The zero-order valence-electron chi connectivity index (χ0n) is 11.5. The molecule has 3 nitrogen and oxygen atoms in total. The second-order valence-corrected chi connectivity index (χ2v) is 7.15. The first kappa shape index (κ1) is 15.8. The van der Waals surface area contributed by atoms with Crippen molar-refractivity contribution >= 4 is 28.6 Å². The third kappa shape index (κ3) is 4.19. The number of carbonyl (C=O) groups is 1. The quantitative estimate of drug-likeness (QED) is 0.746. The molecule has 1 aromatic rings. The number of hydrogen-bond acceptors (Lipinski definition) is 2. The average molecular weight is 388 g/mol. The van der Waals surface area contributed by atoms with E-state index < -0.39 is 12.1 Å².